The number of aliphatic hydroxyl groups is 4. The molecule has 356 valence electrons. The predicted molar refractivity (Wildman–Crippen MR) is 226 cm³/mol. The Kier molecular flexibility index (Phi) is 27.4. The quantitative estimate of drug-likeness (QED) is 0.0518. The maximum atomic E-state index is 13.2. The van der Waals surface area contributed by atoms with Gasteiger partial charge >= 0.3 is 23.9 Å². The number of ketones is 3. The van der Waals surface area contributed by atoms with Gasteiger partial charge in [-0.1, -0.05) is 48.5 Å². The molecule has 0 bridgehead atoms. The third-order valence-corrected chi connectivity index (χ3v) is 8.13. The topological polar surface area (TPSA) is 320 Å². The summed E-state index contributed by atoms with van der Waals surface area (Å²) in [6, 6.07) is 14.7. The first-order valence-electron chi connectivity index (χ1n) is 19.8. The molecular weight excluding hydrogens is 844 g/mol. The van der Waals surface area contributed by atoms with Crippen LogP contribution in [0.4, 0.5) is 0 Å². The standard InChI is InChI=1S/C24H32N2O10.C16H24N2O6.C3H6O/c1-13(27)20(33-14(2)28)21(34-15(3)29)22(35-16(4)30)23(36-17(5)31)24(32)26-12-19-9-7-8-18(10-19)11-25-6;1-9(19)12(20)13(21)14(22)15(23)16(24)18-8-11-5-3-4-10(6-11)7-17-2;1-3(2)4/h7-10,20-23,25H,11-12H2,1-6H3,(H,26,32);3-6,12-15,17,20-23H,7-8H2,1-2H3,(H,18,24);1-2H3/t20-,21-,22+,23-;12-,13-,14+,15-;/m11./s1. The summed E-state index contributed by atoms with van der Waals surface area (Å²) in [5.74, 6) is -6.90. The first kappa shape index (κ1) is 58.0. The van der Waals surface area contributed by atoms with Crippen molar-refractivity contribution in [3.8, 4) is 0 Å². The Morgan fingerprint density at radius 1 is 0.469 bits per heavy atom. The van der Waals surface area contributed by atoms with Gasteiger partial charge in [-0.15, -0.1) is 0 Å². The van der Waals surface area contributed by atoms with Crippen LogP contribution in [0.2, 0.25) is 0 Å². The fraction of sp³-hybridized carbons (Fsp3) is 0.512. The minimum absolute atomic E-state index is 0.0132. The maximum Gasteiger partial charge on any atom is 0.303 e. The molecule has 0 aliphatic carbocycles. The van der Waals surface area contributed by atoms with Crippen LogP contribution in [0.3, 0.4) is 0 Å². The zero-order valence-corrected chi connectivity index (χ0v) is 37.7. The summed E-state index contributed by atoms with van der Waals surface area (Å²) in [7, 11) is 3.60. The van der Waals surface area contributed by atoms with Gasteiger partial charge in [0, 0.05) is 53.9 Å². The van der Waals surface area contributed by atoms with Crippen LogP contribution in [-0.2, 0) is 88.3 Å². The van der Waals surface area contributed by atoms with Crippen LogP contribution < -0.4 is 21.3 Å². The van der Waals surface area contributed by atoms with Crippen molar-refractivity contribution in [1.29, 1.82) is 0 Å². The Morgan fingerprint density at radius 3 is 1.14 bits per heavy atom. The van der Waals surface area contributed by atoms with Crippen molar-refractivity contribution in [1.82, 2.24) is 21.3 Å². The predicted octanol–water partition coefficient (Wildman–Crippen LogP) is -1.01. The highest BCUT2D eigenvalue weighted by Crippen LogP contribution is 2.21. The summed E-state index contributed by atoms with van der Waals surface area (Å²) < 4.78 is 20.5. The lowest BCUT2D eigenvalue weighted by molar-refractivity contribution is -0.199. The highest BCUT2D eigenvalue weighted by molar-refractivity contribution is 5.87. The van der Waals surface area contributed by atoms with E-state index < -0.39 is 96.1 Å². The smallest absolute Gasteiger partial charge is 0.303 e. The van der Waals surface area contributed by atoms with Crippen molar-refractivity contribution in [3.63, 3.8) is 0 Å². The summed E-state index contributed by atoms with van der Waals surface area (Å²) in [6.45, 7) is 10.5. The summed E-state index contributed by atoms with van der Waals surface area (Å²) in [5.41, 5.74) is 3.49. The van der Waals surface area contributed by atoms with Crippen LogP contribution >= 0.6 is 0 Å². The molecule has 0 spiro atoms. The van der Waals surface area contributed by atoms with E-state index in [0.717, 1.165) is 63.8 Å². The Bertz CT molecular complexity index is 1890. The number of hydrogen-bond acceptors (Lipinski definition) is 19. The molecule has 2 aromatic carbocycles. The number of carbonyl (C=O) groups is 9. The van der Waals surface area contributed by atoms with Crippen LogP contribution in [0.25, 0.3) is 0 Å². The second-order valence-corrected chi connectivity index (χ2v) is 14.3. The average molecular weight is 907 g/mol. The number of esters is 4. The second-order valence-electron chi connectivity index (χ2n) is 14.3. The molecular formula is C43H62N4O17. The van der Waals surface area contributed by atoms with Gasteiger partial charge in [0.05, 0.1) is 0 Å². The van der Waals surface area contributed by atoms with Crippen LogP contribution in [0.1, 0.15) is 77.6 Å². The lowest BCUT2D eigenvalue weighted by Crippen LogP contribution is -2.57. The first-order chi connectivity index (χ1) is 29.9. The number of aliphatic hydroxyl groups excluding tert-OH is 4. The van der Waals surface area contributed by atoms with E-state index in [2.05, 4.69) is 21.3 Å². The van der Waals surface area contributed by atoms with Gasteiger partial charge in [0.2, 0.25) is 6.10 Å². The molecule has 2 aromatic rings. The molecule has 0 aliphatic heterocycles. The van der Waals surface area contributed by atoms with E-state index in [1.54, 1.807) is 25.2 Å². The summed E-state index contributed by atoms with van der Waals surface area (Å²) in [5, 5.41) is 49.4. The van der Waals surface area contributed by atoms with Crippen LogP contribution in [-0.4, -0.2) is 136 Å². The summed E-state index contributed by atoms with van der Waals surface area (Å²) in [6.07, 6.45) is -15.0. The van der Waals surface area contributed by atoms with Crippen molar-refractivity contribution < 1.29 is 82.5 Å². The number of Topliss-reactive ketones (excluding diaryl/α,β-unsaturated/α-hetero) is 3. The molecule has 8 N–H and O–H groups in total. The Hall–Kier alpha value is -5.97. The molecule has 2 rings (SSSR count). The molecule has 64 heavy (non-hydrogen) atoms. The third kappa shape index (κ3) is 22.9. The molecule has 0 heterocycles. The minimum atomic E-state index is -1.99. The molecule has 0 fully saturated rings. The van der Waals surface area contributed by atoms with E-state index in [1.807, 2.05) is 37.4 Å². The Labute approximate surface area is 371 Å². The molecule has 0 saturated heterocycles. The molecule has 2 amide bonds. The summed E-state index contributed by atoms with van der Waals surface area (Å²) >= 11 is 0. The van der Waals surface area contributed by atoms with Crippen molar-refractivity contribution in [2.45, 2.75) is 130 Å². The highest BCUT2D eigenvalue weighted by Gasteiger charge is 2.48. The van der Waals surface area contributed by atoms with E-state index in [-0.39, 0.29) is 18.9 Å². The van der Waals surface area contributed by atoms with E-state index in [4.69, 9.17) is 18.9 Å². The highest BCUT2D eigenvalue weighted by atomic mass is 16.6. The second kappa shape index (κ2) is 30.2. The van der Waals surface area contributed by atoms with Crippen molar-refractivity contribution in [3.05, 3.63) is 70.8 Å². The lowest BCUT2D eigenvalue weighted by atomic mass is 9.98. The Balaban J connectivity index is 0.00000122. The maximum absolute atomic E-state index is 13.2. The van der Waals surface area contributed by atoms with Crippen LogP contribution in [0, 0.1) is 0 Å². The number of rotatable bonds is 22. The Morgan fingerprint density at radius 2 is 0.797 bits per heavy atom. The van der Waals surface area contributed by atoms with E-state index in [0.29, 0.717) is 13.1 Å². The van der Waals surface area contributed by atoms with Crippen LogP contribution in [0.15, 0.2) is 48.5 Å². The largest absolute Gasteiger partial charge is 0.454 e. The number of amides is 2. The van der Waals surface area contributed by atoms with Crippen LogP contribution in [0.5, 0.6) is 0 Å². The van der Waals surface area contributed by atoms with Crippen molar-refractivity contribution in [2.24, 2.45) is 0 Å². The molecule has 0 saturated carbocycles. The zero-order chi connectivity index (χ0) is 49.3. The number of ether oxygens (including phenoxy) is 4. The van der Waals surface area contributed by atoms with Gasteiger partial charge in [0.15, 0.2) is 36.0 Å². The third-order valence-electron chi connectivity index (χ3n) is 8.13. The van der Waals surface area contributed by atoms with Gasteiger partial charge < -0.3 is 65.4 Å². The molecule has 0 radical (unpaired) electrons. The molecule has 0 aliphatic rings. The number of carbonyl (C=O) groups excluding carboxylic acids is 9. The molecule has 21 heteroatoms. The number of hydrogen-bond donors (Lipinski definition) is 8. The fourth-order valence-electron chi connectivity index (χ4n) is 5.45. The molecule has 21 nitrogen and oxygen atoms in total. The van der Waals surface area contributed by atoms with Crippen molar-refractivity contribution >= 4 is 53.0 Å². The zero-order valence-electron chi connectivity index (χ0n) is 37.7. The average Bonchev–Trinajstić information content (AvgIpc) is 3.20. The number of benzene rings is 2. The van der Waals surface area contributed by atoms with Crippen molar-refractivity contribution in [2.75, 3.05) is 14.1 Å². The van der Waals surface area contributed by atoms with Gasteiger partial charge in [-0.3, -0.25) is 38.4 Å². The SMILES string of the molecule is CC(C)=O.CNCc1cccc(CNC(=O)[C@H](O)[C@@H](O)[C@H](O)[C@H](O)C(C)=O)c1.CNCc1cccc(CNC(=O)[C@H](OC(C)=O)[C@@H](OC(C)=O)[C@H](OC(C)=O)[C@H](OC(C)=O)C(C)=O)c1. The van der Waals surface area contributed by atoms with Gasteiger partial charge in [0.25, 0.3) is 11.8 Å². The van der Waals surface area contributed by atoms with E-state index >= 15 is 0 Å². The van der Waals surface area contributed by atoms with Gasteiger partial charge in [-0.25, -0.2) is 0 Å². The molecule has 8 atom stereocenters. The number of nitrogens with one attached hydrogen (secondary N) is 4. The first-order valence-corrected chi connectivity index (χ1v) is 19.8. The summed E-state index contributed by atoms with van der Waals surface area (Å²) in [4.78, 5) is 105. The fourth-order valence-corrected chi connectivity index (χ4v) is 5.45. The monoisotopic (exact) mass is 906 g/mol. The lowest BCUT2D eigenvalue weighted by Gasteiger charge is -2.34. The van der Waals surface area contributed by atoms with E-state index in [1.165, 1.54) is 13.8 Å². The van der Waals surface area contributed by atoms with Gasteiger partial charge in [-0.2, -0.15) is 0 Å². The molecule has 0 aromatic heterocycles. The van der Waals surface area contributed by atoms with Gasteiger partial charge in [-0.05, 0) is 64.0 Å². The van der Waals surface area contributed by atoms with Gasteiger partial charge in [0.1, 0.15) is 24.1 Å². The minimum Gasteiger partial charge on any atom is -0.454 e. The normalized spacial score (nSPS) is 14.2. The molecule has 0 unspecified atom stereocenters. The van der Waals surface area contributed by atoms with E-state index in [9.17, 15) is 63.6 Å².